The molecule has 1 saturated heterocycles. The SMILES string of the molecule is CC(C)C(=O)CC1C([C@H](O)[C@H](O)CO)OC(F)(C(=O)[O-])C(F)C1n1cc(-c2ccccc2)nn1.[Na+]. The van der Waals surface area contributed by atoms with E-state index in [1.807, 2.05) is 0 Å². The van der Waals surface area contributed by atoms with E-state index in [-0.39, 0.29) is 35.3 Å². The van der Waals surface area contributed by atoms with E-state index >= 15 is 8.78 Å². The number of ketones is 1. The van der Waals surface area contributed by atoms with Crippen LogP contribution in [-0.2, 0) is 14.3 Å². The molecule has 1 aliphatic heterocycles. The van der Waals surface area contributed by atoms with Gasteiger partial charge in [0, 0.05) is 23.8 Å². The summed E-state index contributed by atoms with van der Waals surface area (Å²) in [5.74, 6) is -8.91. The molecule has 1 aliphatic rings. The molecular weight excluding hydrogens is 479 g/mol. The van der Waals surface area contributed by atoms with Gasteiger partial charge in [0.05, 0.1) is 24.9 Å². The molecule has 186 valence electrons. The summed E-state index contributed by atoms with van der Waals surface area (Å²) in [5.41, 5.74) is 0.850. The number of carboxylic acid groups (broad SMARTS) is 1. The summed E-state index contributed by atoms with van der Waals surface area (Å²) in [4.78, 5) is 24.2. The van der Waals surface area contributed by atoms with Gasteiger partial charge >= 0.3 is 29.6 Å². The third-order valence-electron chi connectivity index (χ3n) is 5.99. The summed E-state index contributed by atoms with van der Waals surface area (Å²) in [6.45, 7) is 2.17. The second-order valence-corrected chi connectivity index (χ2v) is 8.59. The Labute approximate surface area is 222 Å². The molecule has 0 saturated carbocycles. The predicted octanol–water partition coefficient (Wildman–Crippen LogP) is -3.41. The van der Waals surface area contributed by atoms with Gasteiger partial charge in [-0.3, -0.25) is 4.79 Å². The molecule has 2 aromatic rings. The Bertz CT molecular complexity index is 1010. The van der Waals surface area contributed by atoms with Gasteiger partial charge in [-0.1, -0.05) is 49.4 Å². The van der Waals surface area contributed by atoms with Crippen LogP contribution >= 0.6 is 0 Å². The minimum atomic E-state index is -4.04. The standard InChI is InChI=1S/C22H27F2N3O7.Na/c1-11(2)15(29)8-13-17(27-9-14(25-26-27)12-6-4-3-5-7-12)20(23)22(24,21(32)33)34-19(13)18(31)16(30)10-28;/h3-7,9,11,13,16-20,28,30-31H,8,10H2,1-2H3,(H,32,33);/q;+1/p-1/t13?,16-,17?,18-,19?,20?,22?;/m1./s1. The molecule has 13 heteroatoms. The van der Waals surface area contributed by atoms with Crippen molar-refractivity contribution in [2.24, 2.45) is 11.8 Å². The topological polar surface area (TPSA) is 158 Å². The summed E-state index contributed by atoms with van der Waals surface area (Å²) in [6, 6.07) is 6.79. The molecule has 3 N–H and O–H groups in total. The monoisotopic (exact) mass is 505 g/mol. The number of hydrogen-bond donors (Lipinski definition) is 3. The second kappa shape index (κ2) is 12.0. The van der Waals surface area contributed by atoms with Crippen LogP contribution in [0.4, 0.5) is 8.78 Å². The summed E-state index contributed by atoms with van der Waals surface area (Å²) in [5, 5.41) is 49.1. The molecule has 7 atom stereocenters. The molecule has 3 rings (SSSR count). The maximum atomic E-state index is 15.6. The molecule has 0 bridgehead atoms. The van der Waals surface area contributed by atoms with Crippen molar-refractivity contribution in [1.82, 2.24) is 15.0 Å². The van der Waals surface area contributed by atoms with Gasteiger partial charge in [-0.05, 0) is 0 Å². The van der Waals surface area contributed by atoms with Crippen LogP contribution < -0.4 is 34.7 Å². The number of aliphatic carboxylic acids is 1. The fourth-order valence-corrected chi connectivity index (χ4v) is 3.99. The number of carbonyl (C=O) groups is 2. The molecule has 1 aromatic heterocycles. The fraction of sp³-hybridized carbons (Fsp3) is 0.545. The van der Waals surface area contributed by atoms with Gasteiger partial charge in [0.15, 0.2) is 6.17 Å². The zero-order chi connectivity index (χ0) is 25.2. The molecule has 0 aliphatic carbocycles. The number of carbonyl (C=O) groups excluding carboxylic acids is 2. The van der Waals surface area contributed by atoms with E-state index in [4.69, 9.17) is 4.74 Å². The molecule has 35 heavy (non-hydrogen) atoms. The van der Waals surface area contributed by atoms with Crippen molar-refractivity contribution >= 4 is 11.8 Å². The normalized spacial score (nSPS) is 28.2. The Balaban J connectivity index is 0.00000432. The van der Waals surface area contributed by atoms with Crippen LogP contribution in [0.1, 0.15) is 26.3 Å². The smallest absolute Gasteiger partial charge is 0.544 e. The van der Waals surface area contributed by atoms with E-state index in [0.717, 1.165) is 4.68 Å². The Hall–Kier alpha value is -1.80. The average Bonchev–Trinajstić information content (AvgIpc) is 3.30. The number of carboxylic acids is 1. The number of hydrogen-bond acceptors (Lipinski definition) is 9. The van der Waals surface area contributed by atoms with E-state index < -0.39 is 73.0 Å². The number of nitrogens with zero attached hydrogens (tertiary/aromatic N) is 3. The first kappa shape index (κ1) is 29.4. The van der Waals surface area contributed by atoms with Crippen LogP contribution in [0.2, 0.25) is 0 Å². The number of aromatic nitrogens is 3. The molecule has 2 heterocycles. The molecule has 10 nitrogen and oxygen atoms in total. The quantitative estimate of drug-likeness (QED) is 0.295. The Morgan fingerprint density at radius 2 is 1.89 bits per heavy atom. The first-order chi connectivity index (χ1) is 16.0. The number of benzene rings is 1. The number of ether oxygens (including phenoxy) is 1. The number of alkyl halides is 2. The van der Waals surface area contributed by atoms with E-state index in [2.05, 4.69) is 10.3 Å². The summed E-state index contributed by atoms with van der Waals surface area (Å²) in [7, 11) is 0. The minimum absolute atomic E-state index is 0. The largest absolute Gasteiger partial charge is 1.00 e. The summed E-state index contributed by atoms with van der Waals surface area (Å²) < 4.78 is 36.6. The molecule has 5 unspecified atom stereocenters. The van der Waals surface area contributed by atoms with Crippen LogP contribution in [0.25, 0.3) is 11.3 Å². The van der Waals surface area contributed by atoms with Crippen LogP contribution in [0.5, 0.6) is 0 Å². The van der Waals surface area contributed by atoms with Crippen LogP contribution in [0.3, 0.4) is 0 Å². The first-order valence-electron chi connectivity index (χ1n) is 10.7. The number of aliphatic hydroxyl groups is 3. The first-order valence-corrected chi connectivity index (χ1v) is 10.7. The number of Topliss-reactive ketones (excluding diaryl/α,β-unsaturated/α-hetero) is 1. The molecule has 1 fully saturated rings. The number of rotatable bonds is 9. The van der Waals surface area contributed by atoms with Crippen molar-refractivity contribution in [3.63, 3.8) is 0 Å². The van der Waals surface area contributed by atoms with Crippen LogP contribution in [0.15, 0.2) is 36.5 Å². The van der Waals surface area contributed by atoms with Crippen LogP contribution in [0, 0.1) is 11.8 Å². The van der Waals surface area contributed by atoms with Crippen molar-refractivity contribution < 1.29 is 73.1 Å². The number of halogens is 2. The van der Waals surface area contributed by atoms with Crippen molar-refractivity contribution in [3.05, 3.63) is 36.5 Å². The summed E-state index contributed by atoms with van der Waals surface area (Å²) in [6.07, 6.45) is -7.98. The molecule has 1 aromatic carbocycles. The fourth-order valence-electron chi connectivity index (χ4n) is 3.99. The van der Waals surface area contributed by atoms with Gasteiger partial charge < -0.3 is 30.0 Å². The van der Waals surface area contributed by atoms with Crippen LogP contribution in [-0.4, -0.2) is 79.0 Å². The Morgan fingerprint density at radius 3 is 2.43 bits per heavy atom. The van der Waals surface area contributed by atoms with Crippen molar-refractivity contribution in [2.75, 3.05) is 6.61 Å². The molecule has 0 amide bonds. The molecule has 0 spiro atoms. The van der Waals surface area contributed by atoms with Crippen molar-refractivity contribution in [2.45, 2.75) is 56.6 Å². The zero-order valence-corrected chi connectivity index (χ0v) is 21.5. The minimum Gasteiger partial charge on any atom is -0.544 e. The van der Waals surface area contributed by atoms with Gasteiger partial charge in [0.25, 0.3) is 5.85 Å². The van der Waals surface area contributed by atoms with E-state index in [9.17, 15) is 30.0 Å². The Morgan fingerprint density at radius 1 is 1.26 bits per heavy atom. The van der Waals surface area contributed by atoms with Gasteiger partial charge in [0.2, 0.25) is 0 Å². The maximum Gasteiger partial charge on any atom is 1.00 e. The molecular formula is C22H26F2N3NaO7. The van der Waals surface area contributed by atoms with Crippen molar-refractivity contribution in [1.29, 1.82) is 0 Å². The van der Waals surface area contributed by atoms with Gasteiger partial charge in [0.1, 0.15) is 29.7 Å². The molecule has 0 radical (unpaired) electrons. The predicted molar refractivity (Wildman–Crippen MR) is 110 cm³/mol. The number of aliphatic hydroxyl groups excluding tert-OH is 3. The third-order valence-corrected chi connectivity index (χ3v) is 5.99. The van der Waals surface area contributed by atoms with Gasteiger partial charge in [-0.25, -0.2) is 13.5 Å². The summed E-state index contributed by atoms with van der Waals surface area (Å²) >= 11 is 0. The maximum absolute atomic E-state index is 15.6. The van der Waals surface area contributed by atoms with E-state index in [1.165, 1.54) is 6.20 Å². The average molecular weight is 505 g/mol. The second-order valence-electron chi connectivity index (χ2n) is 8.59. The van der Waals surface area contributed by atoms with Gasteiger partial charge in [-0.15, -0.1) is 5.10 Å². The Kier molecular flexibility index (Phi) is 10.1. The van der Waals surface area contributed by atoms with E-state index in [1.54, 1.807) is 44.2 Å². The van der Waals surface area contributed by atoms with Crippen molar-refractivity contribution in [3.8, 4) is 11.3 Å². The third kappa shape index (κ3) is 5.96. The zero-order valence-electron chi connectivity index (χ0n) is 19.5. The van der Waals surface area contributed by atoms with Gasteiger partial charge in [-0.2, -0.15) is 0 Å². The van der Waals surface area contributed by atoms with E-state index in [0.29, 0.717) is 5.56 Å².